The molecule has 3 aromatic heterocycles. The number of H-pyrrole nitrogens is 2. The molecule has 0 aliphatic rings. The Bertz CT molecular complexity index is 1200. The van der Waals surface area contributed by atoms with Crippen LogP contribution in [0.4, 0.5) is 5.95 Å². The van der Waals surface area contributed by atoms with Gasteiger partial charge in [0.05, 0.1) is 10.9 Å². The van der Waals surface area contributed by atoms with Crippen LogP contribution in [0, 0.1) is 0 Å². The fourth-order valence-corrected chi connectivity index (χ4v) is 4.24. The van der Waals surface area contributed by atoms with Gasteiger partial charge in [-0.2, -0.15) is 4.98 Å². The van der Waals surface area contributed by atoms with Crippen molar-refractivity contribution in [1.29, 1.82) is 0 Å². The summed E-state index contributed by atoms with van der Waals surface area (Å²) in [5.74, 6) is -2.88. The molecule has 3 rings (SSSR count). The number of rotatable bonds is 11. The molecular weight excluding hydrogens is 438 g/mol. The van der Waals surface area contributed by atoms with Gasteiger partial charge in [0.15, 0.2) is 0 Å². The number of nitrogen functional groups attached to an aromatic ring is 1. The fraction of sp³-hybridized carbons (Fsp3) is 0.350. The number of hydrogen-bond acceptors (Lipinski definition) is 7. The molecule has 3 aromatic rings. The summed E-state index contributed by atoms with van der Waals surface area (Å²) in [4.78, 5) is 56.9. The molecule has 0 spiro atoms. The van der Waals surface area contributed by atoms with E-state index in [4.69, 9.17) is 10.8 Å². The zero-order chi connectivity index (χ0) is 23.3. The minimum atomic E-state index is -1.27. The number of carbonyl (C=O) groups excluding carboxylic acids is 1. The van der Waals surface area contributed by atoms with E-state index in [1.807, 2.05) is 0 Å². The Hall–Kier alpha value is -3.67. The molecular formula is C20H23N5O6S. The number of amides is 1. The van der Waals surface area contributed by atoms with Crippen molar-refractivity contribution in [3.05, 3.63) is 44.0 Å². The van der Waals surface area contributed by atoms with Gasteiger partial charge in [0.25, 0.3) is 11.5 Å². The number of aliphatic carboxylic acids is 2. The van der Waals surface area contributed by atoms with Crippen molar-refractivity contribution in [2.24, 2.45) is 0 Å². The van der Waals surface area contributed by atoms with E-state index < -0.39 is 23.9 Å². The summed E-state index contributed by atoms with van der Waals surface area (Å²) < 4.78 is 0. The Balaban J connectivity index is 1.55. The number of unbranched alkanes of at least 4 members (excludes halogenated alkanes) is 1. The first-order valence-corrected chi connectivity index (χ1v) is 10.8. The standard InChI is InChI=1S/C20H23N5O6S/c21-20-24-16-12(18(29)25-20)9-10(22-16)3-1-2-4-14-11(7-8-32-14)17(28)23-13(19(30)31)5-6-15(26)27/h7-9,13H,1-6H2,(H,23,28)(H,26,27)(H,30,31)(H4,21,22,24,25,29)/t13-/m0/s1. The highest BCUT2D eigenvalue weighted by molar-refractivity contribution is 7.10. The van der Waals surface area contributed by atoms with E-state index in [9.17, 15) is 24.3 Å². The third-order valence-corrected chi connectivity index (χ3v) is 5.89. The van der Waals surface area contributed by atoms with Crippen LogP contribution in [-0.2, 0) is 22.4 Å². The third-order valence-electron chi connectivity index (χ3n) is 4.91. The number of nitrogens with zero attached hydrogens (tertiary/aromatic N) is 1. The lowest BCUT2D eigenvalue weighted by Gasteiger charge is -2.13. The van der Waals surface area contributed by atoms with E-state index in [1.54, 1.807) is 17.5 Å². The first-order chi connectivity index (χ1) is 15.2. The number of aryl methyl sites for hydroxylation is 2. The molecule has 0 bridgehead atoms. The number of aromatic nitrogens is 3. The average molecular weight is 462 g/mol. The maximum atomic E-state index is 12.5. The molecule has 0 aliphatic carbocycles. The average Bonchev–Trinajstić information content (AvgIpc) is 3.34. The number of fused-ring (bicyclic) bond motifs is 1. The van der Waals surface area contributed by atoms with Crippen LogP contribution in [0.25, 0.3) is 11.0 Å². The first kappa shape index (κ1) is 23.0. The SMILES string of the molecule is Nc1nc2[nH]c(CCCCc3sccc3C(=O)N[C@@H](CCC(=O)O)C(=O)O)cc2c(=O)[nH]1. The topological polar surface area (TPSA) is 191 Å². The van der Waals surface area contributed by atoms with Gasteiger partial charge < -0.3 is 26.2 Å². The molecule has 1 amide bonds. The molecule has 0 aliphatic heterocycles. The number of carbonyl (C=O) groups is 3. The molecule has 0 fully saturated rings. The summed E-state index contributed by atoms with van der Waals surface area (Å²) >= 11 is 1.41. The van der Waals surface area contributed by atoms with Gasteiger partial charge in [0.1, 0.15) is 11.7 Å². The van der Waals surface area contributed by atoms with Crippen LogP contribution in [0.3, 0.4) is 0 Å². The number of aromatic amines is 2. The van der Waals surface area contributed by atoms with Crippen molar-refractivity contribution in [2.75, 3.05) is 5.73 Å². The largest absolute Gasteiger partial charge is 0.481 e. The van der Waals surface area contributed by atoms with Crippen molar-refractivity contribution in [1.82, 2.24) is 20.3 Å². The van der Waals surface area contributed by atoms with Gasteiger partial charge in [-0.1, -0.05) is 0 Å². The second-order valence-corrected chi connectivity index (χ2v) is 8.27. The minimum Gasteiger partial charge on any atom is -0.481 e. The van der Waals surface area contributed by atoms with Crippen LogP contribution >= 0.6 is 11.3 Å². The van der Waals surface area contributed by atoms with Crippen LogP contribution in [0.5, 0.6) is 0 Å². The first-order valence-electron chi connectivity index (χ1n) is 9.94. The number of nitrogens with one attached hydrogen (secondary N) is 3. The normalized spacial score (nSPS) is 12.0. The molecule has 7 N–H and O–H groups in total. The van der Waals surface area contributed by atoms with Gasteiger partial charge in [-0.05, 0) is 49.6 Å². The molecule has 0 saturated heterocycles. The van der Waals surface area contributed by atoms with Crippen molar-refractivity contribution >= 4 is 46.2 Å². The van der Waals surface area contributed by atoms with Crippen LogP contribution < -0.4 is 16.6 Å². The van der Waals surface area contributed by atoms with E-state index >= 15 is 0 Å². The maximum Gasteiger partial charge on any atom is 0.326 e. The summed E-state index contributed by atoms with van der Waals surface area (Å²) in [7, 11) is 0. The highest BCUT2D eigenvalue weighted by atomic mass is 32.1. The summed E-state index contributed by atoms with van der Waals surface area (Å²) in [5, 5.41) is 22.6. The molecule has 12 heteroatoms. The Kier molecular flexibility index (Phi) is 7.25. The van der Waals surface area contributed by atoms with Crippen LogP contribution in [-0.4, -0.2) is 49.1 Å². The van der Waals surface area contributed by atoms with Crippen molar-refractivity contribution in [3.8, 4) is 0 Å². The fourth-order valence-electron chi connectivity index (χ4n) is 3.32. The maximum absolute atomic E-state index is 12.5. The van der Waals surface area contributed by atoms with Crippen molar-refractivity contribution in [3.63, 3.8) is 0 Å². The monoisotopic (exact) mass is 461 g/mol. The summed E-state index contributed by atoms with van der Waals surface area (Å²) in [6.07, 6.45) is 2.32. The number of nitrogens with two attached hydrogens (primary N) is 1. The molecule has 0 radical (unpaired) electrons. The molecule has 3 heterocycles. The van der Waals surface area contributed by atoms with E-state index in [0.29, 0.717) is 29.4 Å². The molecule has 11 nitrogen and oxygen atoms in total. The molecule has 32 heavy (non-hydrogen) atoms. The number of carboxylic acid groups (broad SMARTS) is 2. The predicted molar refractivity (Wildman–Crippen MR) is 118 cm³/mol. The lowest BCUT2D eigenvalue weighted by molar-refractivity contribution is -0.140. The zero-order valence-electron chi connectivity index (χ0n) is 17.0. The van der Waals surface area contributed by atoms with Crippen molar-refractivity contribution in [2.45, 2.75) is 44.6 Å². The number of thiophene rings is 1. The van der Waals surface area contributed by atoms with Crippen LogP contribution in [0.1, 0.15) is 46.6 Å². The summed E-state index contributed by atoms with van der Waals surface area (Å²) in [5.41, 5.74) is 6.94. The van der Waals surface area contributed by atoms with Crippen molar-refractivity contribution < 1.29 is 24.6 Å². The highest BCUT2D eigenvalue weighted by Crippen LogP contribution is 2.21. The van der Waals surface area contributed by atoms with Crippen LogP contribution in [0.15, 0.2) is 22.3 Å². The second-order valence-electron chi connectivity index (χ2n) is 7.27. The molecule has 0 unspecified atom stereocenters. The van der Waals surface area contributed by atoms with E-state index in [0.717, 1.165) is 23.4 Å². The number of hydrogen-bond donors (Lipinski definition) is 6. The molecule has 1 atom stereocenters. The van der Waals surface area contributed by atoms with Gasteiger partial charge in [0, 0.05) is 17.0 Å². The minimum absolute atomic E-state index is 0.0486. The van der Waals surface area contributed by atoms with E-state index in [-0.39, 0.29) is 24.3 Å². The van der Waals surface area contributed by atoms with Gasteiger partial charge in [0.2, 0.25) is 5.95 Å². The van der Waals surface area contributed by atoms with Gasteiger partial charge >= 0.3 is 11.9 Å². The Labute approximate surface area is 185 Å². The zero-order valence-corrected chi connectivity index (χ0v) is 17.8. The van der Waals surface area contributed by atoms with E-state index in [1.165, 1.54) is 11.3 Å². The lowest BCUT2D eigenvalue weighted by Crippen LogP contribution is -2.41. The summed E-state index contributed by atoms with van der Waals surface area (Å²) in [6, 6.07) is 2.11. The quantitative estimate of drug-likeness (QED) is 0.231. The second kappa shape index (κ2) is 10.1. The predicted octanol–water partition coefficient (Wildman–Crippen LogP) is 1.51. The van der Waals surface area contributed by atoms with Gasteiger partial charge in [-0.3, -0.25) is 19.4 Å². The number of carboxylic acids is 2. The molecule has 0 saturated carbocycles. The highest BCUT2D eigenvalue weighted by Gasteiger charge is 2.23. The lowest BCUT2D eigenvalue weighted by atomic mass is 10.1. The summed E-state index contributed by atoms with van der Waals surface area (Å²) in [6.45, 7) is 0. The Morgan fingerprint density at radius 2 is 1.94 bits per heavy atom. The van der Waals surface area contributed by atoms with E-state index in [2.05, 4.69) is 20.3 Å². The molecule has 0 aromatic carbocycles. The van der Waals surface area contributed by atoms with Gasteiger partial charge in [-0.15, -0.1) is 11.3 Å². The van der Waals surface area contributed by atoms with Crippen LogP contribution in [0.2, 0.25) is 0 Å². The van der Waals surface area contributed by atoms with Gasteiger partial charge in [-0.25, -0.2) is 4.79 Å². The molecule has 170 valence electrons. The Morgan fingerprint density at radius 1 is 1.19 bits per heavy atom. The number of anilines is 1. The smallest absolute Gasteiger partial charge is 0.326 e. The Morgan fingerprint density at radius 3 is 2.66 bits per heavy atom. The third kappa shape index (κ3) is 5.72.